The average Bonchev–Trinajstić information content (AvgIpc) is 2.61. The first-order valence-electron chi connectivity index (χ1n) is 5.62. The van der Waals surface area contributed by atoms with Gasteiger partial charge in [-0.05, 0) is 32.3 Å². The third-order valence-corrected chi connectivity index (χ3v) is 4.00. The Hall–Kier alpha value is -0.540. The summed E-state index contributed by atoms with van der Waals surface area (Å²) in [6.07, 6.45) is 2.52. The number of allylic oxidation sites excluding steroid dienone is 2. The zero-order chi connectivity index (χ0) is 11.1. The van der Waals surface area contributed by atoms with Gasteiger partial charge in [-0.2, -0.15) is 0 Å². The summed E-state index contributed by atoms with van der Waals surface area (Å²) in [7, 11) is 0. The zero-order valence-electron chi connectivity index (χ0n) is 9.80. The van der Waals surface area contributed by atoms with Crippen LogP contribution in [-0.2, 0) is 9.47 Å². The van der Waals surface area contributed by atoms with Crippen LogP contribution >= 0.6 is 0 Å². The Balaban J connectivity index is 2.21. The van der Waals surface area contributed by atoms with Gasteiger partial charge in [0, 0.05) is 11.8 Å². The quantitative estimate of drug-likeness (QED) is 0.726. The van der Waals surface area contributed by atoms with Crippen LogP contribution in [0.3, 0.4) is 0 Å². The van der Waals surface area contributed by atoms with E-state index in [1.807, 2.05) is 13.8 Å². The summed E-state index contributed by atoms with van der Waals surface area (Å²) < 4.78 is 11.5. The lowest BCUT2D eigenvalue weighted by Gasteiger charge is -2.44. The maximum atomic E-state index is 9.63. The lowest BCUT2D eigenvalue weighted by Crippen LogP contribution is -2.46. The van der Waals surface area contributed by atoms with E-state index < -0.39 is 5.79 Å². The maximum absolute atomic E-state index is 9.63. The molecule has 0 amide bonds. The van der Waals surface area contributed by atoms with Crippen molar-refractivity contribution in [1.29, 1.82) is 0 Å². The number of aliphatic hydroxyl groups is 1. The molecule has 1 aliphatic heterocycles. The molecular weight excluding hydrogens is 192 g/mol. The first kappa shape index (κ1) is 11.0. The first-order chi connectivity index (χ1) is 6.97. The van der Waals surface area contributed by atoms with Gasteiger partial charge in [0.1, 0.15) is 0 Å². The number of hydrogen-bond acceptors (Lipinski definition) is 3. The smallest absolute Gasteiger partial charge is 0.171 e. The maximum Gasteiger partial charge on any atom is 0.171 e. The van der Waals surface area contributed by atoms with Crippen molar-refractivity contribution < 1.29 is 14.6 Å². The Kier molecular flexibility index (Phi) is 2.55. The highest BCUT2D eigenvalue weighted by molar-refractivity contribution is 5.14. The van der Waals surface area contributed by atoms with E-state index in [0.29, 0.717) is 19.0 Å². The normalized spacial score (nSPS) is 35.9. The molecule has 1 atom stereocenters. The van der Waals surface area contributed by atoms with Gasteiger partial charge in [0.25, 0.3) is 0 Å². The summed E-state index contributed by atoms with van der Waals surface area (Å²) in [5.74, 6) is 0.0728. The molecule has 15 heavy (non-hydrogen) atoms. The van der Waals surface area contributed by atoms with E-state index in [1.165, 1.54) is 0 Å². The van der Waals surface area contributed by atoms with Crippen molar-refractivity contribution in [3.8, 4) is 0 Å². The van der Waals surface area contributed by atoms with E-state index >= 15 is 0 Å². The van der Waals surface area contributed by atoms with Gasteiger partial charge in [-0.15, -0.1) is 0 Å². The highest BCUT2D eigenvalue weighted by atomic mass is 16.7. The monoisotopic (exact) mass is 212 g/mol. The highest BCUT2D eigenvalue weighted by Crippen LogP contribution is 2.49. The summed E-state index contributed by atoms with van der Waals surface area (Å²) >= 11 is 0. The minimum absolute atomic E-state index is 0.0141. The van der Waals surface area contributed by atoms with Gasteiger partial charge in [-0.3, -0.25) is 0 Å². The molecule has 0 saturated carbocycles. The Morgan fingerprint density at radius 2 is 1.80 bits per heavy atom. The van der Waals surface area contributed by atoms with Crippen molar-refractivity contribution in [3.05, 3.63) is 11.3 Å². The van der Waals surface area contributed by atoms with Crippen LogP contribution in [0.4, 0.5) is 0 Å². The molecule has 1 heterocycles. The molecule has 3 heteroatoms. The lowest BCUT2D eigenvalue weighted by molar-refractivity contribution is -0.223. The van der Waals surface area contributed by atoms with Gasteiger partial charge in [-0.1, -0.05) is 6.92 Å². The molecule has 1 N–H and O–H groups in total. The van der Waals surface area contributed by atoms with Crippen LogP contribution in [0.15, 0.2) is 11.3 Å². The molecule has 0 aromatic carbocycles. The second kappa shape index (κ2) is 3.49. The van der Waals surface area contributed by atoms with Crippen LogP contribution in [0, 0.1) is 5.41 Å². The van der Waals surface area contributed by atoms with E-state index in [4.69, 9.17) is 9.47 Å². The van der Waals surface area contributed by atoms with Crippen LogP contribution in [-0.4, -0.2) is 24.1 Å². The van der Waals surface area contributed by atoms with Gasteiger partial charge in [0.05, 0.1) is 19.0 Å². The summed E-state index contributed by atoms with van der Waals surface area (Å²) in [6.45, 7) is 7.57. The van der Waals surface area contributed by atoms with Crippen molar-refractivity contribution in [3.63, 3.8) is 0 Å². The fourth-order valence-electron chi connectivity index (χ4n) is 2.63. The van der Waals surface area contributed by atoms with Crippen molar-refractivity contribution in [2.45, 2.75) is 45.8 Å². The highest BCUT2D eigenvalue weighted by Gasteiger charge is 2.50. The van der Waals surface area contributed by atoms with Crippen LogP contribution in [0.5, 0.6) is 0 Å². The Morgan fingerprint density at radius 1 is 1.20 bits per heavy atom. The molecule has 0 aromatic rings. The molecule has 0 bridgehead atoms. The second-order valence-electron chi connectivity index (χ2n) is 5.11. The van der Waals surface area contributed by atoms with Crippen LogP contribution in [0.2, 0.25) is 0 Å². The third-order valence-electron chi connectivity index (χ3n) is 4.00. The van der Waals surface area contributed by atoms with Crippen molar-refractivity contribution in [2.75, 3.05) is 13.2 Å². The molecule has 1 aliphatic carbocycles. The van der Waals surface area contributed by atoms with Crippen LogP contribution in [0.1, 0.15) is 40.0 Å². The number of ether oxygens (including phenoxy) is 2. The first-order valence-corrected chi connectivity index (χ1v) is 5.62. The molecule has 2 aliphatic rings. The van der Waals surface area contributed by atoms with Gasteiger partial charge in [0.2, 0.25) is 0 Å². The van der Waals surface area contributed by atoms with Gasteiger partial charge >= 0.3 is 0 Å². The standard InChI is InChI=1S/C12H20O3/c1-9-8-11(2,5-4-10(9)13)12(3)14-6-7-15-12/h13H,4-8H2,1-3H3/t11-/m0/s1. The van der Waals surface area contributed by atoms with Gasteiger partial charge in [-0.25, -0.2) is 0 Å². The van der Waals surface area contributed by atoms with Crippen LogP contribution < -0.4 is 0 Å². The Labute approximate surface area is 91.1 Å². The molecule has 0 spiro atoms. The minimum atomic E-state index is -0.477. The predicted octanol–water partition coefficient (Wildman–Crippen LogP) is 2.77. The van der Waals surface area contributed by atoms with Gasteiger partial charge in [0.15, 0.2) is 5.79 Å². The van der Waals surface area contributed by atoms with Gasteiger partial charge < -0.3 is 14.6 Å². The second-order valence-corrected chi connectivity index (χ2v) is 5.11. The fraction of sp³-hybridized carbons (Fsp3) is 0.833. The van der Waals surface area contributed by atoms with Crippen molar-refractivity contribution >= 4 is 0 Å². The third kappa shape index (κ3) is 1.68. The molecule has 3 nitrogen and oxygen atoms in total. The lowest BCUT2D eigenvalue weighted by atomic mass is 9.70. The topological polar surface area (TPSA) is 38.7 Å². The fourth-order valence-corrected chi connectivity index (χ4v) is 2.63. The van der Waals surface area contributed by atoms with E-state index in [9.17, 15) is 5.11 Å². The molecule has 86 valence electrons. The van der Waals surface area contributed by atoms with E-state index in [2.05, 4.69) is 6.92 Å². The van der Waals surface area contributed by atoms with Crippen LogP contribution in [0.25, 0.3) is 0 Å². The molecule has 2 rings (SSSR count). The number of rotatable bonds is 1. The van der Waals surface area contributed by atoms with E-state index in [1.54, 1.807) is 0 Å². The Bertz CT molecular complexity index is 289. The molecule has 0 radical (unpaired) electrons. The largest absolute Gasteiger partial charge is 0.512 e. The molecule has 0 unspecified atom stereocenters. The Morgan fingerprint density at radius 3 is 2.33 bits per heavy atom. The summed E-state index contributed by atoms with van der Waals surface area (Å²) in [5.41, 5.74) is 1.06. The average molecular weight is 212 g/mol. The SMILES string of the molecule is CC1=C(O)CC[C@](C)(C2(C)OCCO2)C1. The van der Waals surface area contributed by atoms with E-state index in [0.717, 1.165) is 24.8 Å². The zero-order valence-corrected chi connectivity index (χ0v) is 9.80. The summed E-state index contributed by atoms with van der Waals surface area (Å²) in [4.78, 5) is 0. The summed E-state index contributed by atoms with van der Waals surface area (Å²) in [5, 5.41) is 9.63. The number of aliphatic hydroxyl groups excluding tert-OH is 1. The van der Waals surface area contributed by atoms with E-state index in [-0.39, 0.29) is 5.41 Å². The van der Waals surface area contributed by atoms with Crippen molar-refractivity contribution in [2.24, 2.45) is 5.41 Å². The molecule has 1 fully saturated rings. The molecule has 1 saturated heterocycles. The number of hydrogen-bond donors (Lipinski definition) is 1. The minimum Gasteiger partial charge on any atom is -0.512 e. The van der Waals surface area contributed by atoms with Crippen molar-refractivity contribution in [1.82, 2.24) is 0 Å². The predicted molar refractivity (Wildman–Crippen MR) is 57.6 cm³/mol. The summed E-state index contributed by atoms with van der Waals surface area (Å²) in [6, 6.07) is 0. The molecular formula is C12H20O3. The molecule has 0 aromatic heterocycles.